The Balaban J connectivity index is 0.000000163. The van der Waals surface area contributed by atoms with Crippen LogP contribution in [-0.4, -0.2) is 51.6 Å². The summed E-state index contributed by atoms with van der Waals surface area (Å²) in [5, 5.41) is 0. The van der Waals surface area contributed by atoms with Crippen molar-refractivity contribution in [3.63, 3.8) is 0 Å². The fourth-order valence-electron chi connectivity index (χ4n) is 5.63. The van der Waals surface area contributed by atoms with Crippen LogP contribution >= 0.6 is 0 Å². The second-order valence-corrected chi connectivity index (χ2v) is 15.2. The minimum atomic E-state index is -0.355. The van der Waals surface area contributed by atoms with E-state index in [1.54, 1.807) is 18.6 Å². The summed E-state index contributed by atoms with van der Waals surface area (Å²) in [6, 6.07) is 46.8. The first kappa shape index (κ1) is 41.9. The van der Waals surface area contributed by atoms with Crippen molar-refractivity contribution in [1.29, 1.82) is 0 Å². The van der Waals surface area contributed by atoms with Gasteiger partial charge in [-0.05, 0) is 90.7 Å². The topological polar surface area (TPSA) is 75.6 Å². The van der Waals surface area contributed by atoms with Crippen LogP contribution < -0.4 is 10.9 Å². The van der Waals surface area contributed by atoms with Crippen LogP contribution in [0.2, 0.25) is 0 Å². The molecule has 10 heteroatoms. The average molecular weight is 907 g/mol. The Labute approximate surface area is 340 Å². The van der Waals surface area contributed by atoms with Crippen molar-refractivity contribution in [1.82, 2.24) is 15.0 Å². The van der Waals surface area contributed by atoms with E-state index in [0.29, 0.717) is 0 Å². The van der Waals surface area contributed by atoms with Gasteiger partial charge in [-0.1, -0.05) is 36.4 Å². The molecule has 0 radical (unpaired) electrons. The molecule has 280 valence electrons. The Bertz CT molecular complexity index is 1920. The zero-order valence-corrected chi connectivity index (χ0v) is 35.1. The van der Waals surface area contributed by atoms with E-state index in [-0.39, 0.29) is 56.7 Å². The summed E-state index contributed by atoms with van der Waals surface area (Å²) in [4.78, 5) is 12.9. The molecule has 0 N–H and O–H groups in total. The van der Waals surface area contributed by atoms with E-state index in [1.807, 2.05) is 115 Å². The molecule has 2 aliphatic heterocycles. The predicted molar refractivity (Wildman–Crippen MR) is 217 cm³/mol. The van der Waals surface area contributed by atoms with Crippen LogP contribution in [0.5, 0.6) is 0 Å². The van der Waals surface area contributed by atoms with Crippen LogP contribution in [0.25, 0.3) is 33.8 Å². The molecule has 5 heterocycles. The molecule has 0 unspecified atom stereocenters. The molecular weight excluding hydrogens is 860 g/mol. The van der Waals surface area contributed by atoms with Gasteiger partial charge in [0.2, 0.25) is 0 Å². The number of pyridine rings is 3. The first-order valence-electron chi connectivity index (χ1n) is 18.2. The van der Waals surface area contributed by atoms with Crippen LogP contribution in [-0.2, 0) is 38.7 Å². The van der Waals surface area contributed by atoms with Gasteiger partial charge in [0.25, 0.3) is 0 Å². The van der Waals surface area contributed by atoms with Crippen LogP contribution in [0.15, 0.2) is 134 Å². The van der Waals surface area contributed by atoms with E-state index in [2.05, 4.69) is 88.5 Å². The molecule has 3 aromatic carbocycles. The molecule has 7 nitrogen and oxygen atoms in total. The van der Waals surface area contributed by atoms with Gasteiger partial charge in [-0.3, -0.25) is 0 Å². The van der Waals surface area contributed by atoms with Crippen molar-refractivity contribution in [2.45, 2.75) is 77.8 Å². The predicted octanol–water partition coefficient (Wildman–Crippen LogP) is 8.24. The van der Waals surface area contributed by atoms with E-state index < -0.39 is 0 Å². The van der Waals surface area contributed by atoms with Gasteiger partial charge in [0.1, 0.15) is 0 Å². The number of rotatable bonds is 5. The van der Waals surface area contributed by atoms with E-state index in [0.717, 1.165) is 44.7 Å². The number of hydrogen-bond donors (Lipinski definition) is 0. The van der Waals surface area contributed by atoms with Gasteiger partial charge in [0, 0.05) is 18.6 Å². The van der Waals surface area contributed by atoms with Crippen LogP contribution in [0.1, 0.15) is 55.4 Å². The standard InChI is InChI=1S/2C17H19BNO2.C11H8N.Ir/c2*1-16(2)17(3,4)21-18(20-16)14-9-7-8-13(12-14)15-10-5-6-11-19-15;1-2-6-10(7-3-1)11-8-4-5-9-12-11;/h2*5-7,9-12H,1-4H3;1-6,8-9H;/q3*-1;+3. The second-order valence-electron chi connectivity index (χ2n) is 15.2. The van der Waals surface area contributed by atoms with Crippen molar-refractivity contribution >= 4 is 25.2 Å². The van der Waals surface area contributed by atoms with Crippen molar-refractivity contribution in [2.75, 3.05) is 0 Å². The largest absolute Gasteiger partial charge is 3.00 e. The fraction of sp³-hybridized carbons (Fsp3) is 0.267. The van der Waals surface area contributed by atoms with E-state index >= 15 is 0 Å². The maximum Gasteiger partial charge on any atom is 3.00 e. The van der Waals surface area contributed by atoms with Crippen LogP contribution in [0.3, 0.4) is 0 Å². The van der Waals surface area contributed by atoms with Crippen LogP contribution in [0, 0.1) is 18.2 Å². The third kappa shape index (κ3) is 10.1. The summed E-state index contributed by atoms with van der Waals surface area (Å²) >= 11 is 0. The molecule has 0 atom stereocenters. The van der Waals surface area contributed by atoms with Gasteiger partial charge in [0.15, 0.2) is 0 Å². The van der Waals surface area contributed by atoms with Gasteiger partial charge in [-0.2, -0.15) is 0 Å². The number of aromatic nitrogens is 3. The molecule has 3 aromatic heterocycles. The zero-order valence-electron chi connectivity index (χ0n) is 32.7. The molecule has 0 aliphatic carbocycles. The molecule has 2 saturated heterocycles. The molecule has 6 aromatic rings. The molecule has 0 spiro atoms. The molecule has 0 bridgehead atoms. The number of nitrogens with zero attached hydrogens (tertiary/aromatic N) is 3. The maximum absolute atomic E-state index is 6.08. The summed E-state index contributed by atoms with van der Waals surface area (Å²) in [6.45, 7) is 16.5. The van der Waals surface area contributed by atoms with Crippen molar-refractivity contribution in [2.24, 2.45) is 0 Å². The summed E-state index contributed by atoms with van der Waals surface area (Å²) in [7, 11) is -0.709. The molecule has 0 amide bonds. The Morgan fingerprint density at radius 3 is 1.09 bits per heavy atom. The van der Waals surface area contributed by atoms with Crippen LogP contribution in [0.4, 0.5) is 0 Å². The van der Waals surface area contributed by atoms with Gasteiger partial charge in [-0.15, -0.1) is 106 Å². The van der Waals surface area contributed by atoms with E-state index in [9.17, 15) is 0 Å². The third-order valence-electron chi connectivity index (χ3n) is 10.2. The summed E-state index contributed by atoms with van der Waals surface area (Å²) in [5.41, 5.74) is 6.37. The van der Waals surface area contributed by atoms with Crippen molar-refractivity contribution < 1.29 is 38.7 Å². The van der Waals surface area contributed by atoms with E-state index in [4.69, 9.17) is 18.6 Å². The summed E-state index contributed by atoms with van der Waals surface area (Å²) in [5.74, 6) is 0. The van der Waals surface area contributed by atoms with Gasteiger partial charge in [0.05, 0.1) is 22.4 Å². The Morgan fingerprint density at radius 2 is 0.764 bits per heavy atom. The first-order chi connectivity index (χ1) is 25.7. The van der Waals surface area contributed by atoms with Gasteiger partial charge in [-0.25, -0.2) is 0 Å². The summed E-state index contributed by atoms with van der Waals surface area (Å²) in [6.07, 6.45) is 5.35. The molecule has 8 rings (SSSR count). The summed E-state index contributed by atoms with van der Waals surface area (Å²) < 4.78 is 24.3. The maximum atomic E-state index is 6.08. The first-order valence-corrected chi connectivity index (χ1v) is 18.2. The second kappa shape index (κ2) is 17.7. The molecule has 0 saturated carbocycles. The molecule has 55 heavy (non-hydrogen) atoms. The monoisotopic (exact) mass is 907 g/mol. The minimum absolute atomic E-state index is 0. The van der Waals surface area contributed by atoms with Crippen molar-refractivity contribution in [3.05, 3.63) is 152 Å². The number of hydrogen-bond acceptors (Lipinski definition) is 7. The third-order valence-corrected chi connectivity index (χ3v) is 10.2. The van der Waals surface area contributed by atoms with Gasteiger partial charge >= 0.3 is 34.3 Å². The Morgan fingerprint density at radius 1 is 0.418 bits per heavy atom. The SMILES string of the molecule is CC1(C)OB(c2cc[c-]c(-c3ccccn3)c2)OC1(C)C.CC1(C)OB(c2cc[c-]c(-c3ccccn3)c2)OC1(C)C.[Ir+3].[c-]1ccccc1-c1ccccn1. The fourth-order valence-corrected chi connectivity index (χ4v) is 5.63. The zero-order chi connectivity index (χ0) is 38.4. The molecular formula is C45H46B2IrN3O4. The minimum Gasteiger partial charge on any atom is -0.400 e. The van der Waals surface area contributed by atoms with Gasteiger partial charge < -0.3 is 33.6 Å². The van der Waals surface area contributed by atoms with E-state index in [1.165, 1.54) is 0 Å². The van der Waals surface area contributed by atoms with Crippen molar-refractivity contribution in [3.8, 4) is 33.8 Å². The quantitative estimate of drug-likeness (QED) is 0.128. The molecule has 2 fully saturated rings. The molecule has 2 aliphatic rings. The Hall–Kier alpha value is -4.27. The average Bonchev–Trinajstić information content (AvgIpc) is 3.56. The number of benzene rings is 3. The Kier molecular flexibility index (Phi) is 13.5. The normalized spacial score (nSPS) is 17.2. The smallest absolute Gasteiger partial charge is 0.400 e.